The number of nitrogens with zero attached hydrogens (tertiary/aromatic N) is 2. The Labute approximate surface area is 116 Å². The predicted octanol–water partition coefficient (Wildman–Crippen LogP) is 1.88. The monoisotopic (exact) mass is 296 g/mol. The highest BCUT2D eigenvalue weighted by molar-refractivity contribution is 5.94. The molecule has 0 aliphatic heterocycles. The summed E-state index contributed by atoms with van der Waals surface area (Å²) >= 11 is 0. The Morgan fingerprint density at radius 2 is 2.16 bits per heavy atom. The summed E-state index contributed by atoms with van der Waals surface area (Å²) in [5.41, 5.74) is 6.07. The van der Waals surface area contributed by atoms with E-state index in [1.807, 2.05) is 13.8 Å². The SMILES string of the molecule is CC(C)C[C@H](N)C(=O)Nc1cnn(CC(F)F)c1.Cl. The Bertz CT molecular complexity index is 398. The van der Waals surface area contributed by atoms with Gasteiger partial charge in [-0.15, -0.1) is 12.4 Å². The van der Waals surface area contributed by atoms with Gasteiger partial charge in [-0.05, 0) is 12.3 Å². The number of amides is 1. The summed E-state index contributed by atoms with van der Waals surface area (Å²) in [6.07, 6.45) is 0.766. The molecule has 110 valence electrons. The number of carbonyl (C=O) groups is 1. The lowest BCUT2D eigenvalue weighted by Gasteiger charge is -2.12. The van der Waals surface area contributed by atoms with Crippen LogP contribution in [0.15, 0.2) is 12.4 Å². The smallest absolute Gasteiger partial charge is 0.257 e. The van der Waals surface area contributed by atoms with Gasteiger partial charge in [-0.1, -0.05) is 13.8 Å². The third kappa shape index (κ3) is 6.49. The van der Waals surface area contributed by atoms with Gasteiger partial charge in [-0.2, -0.15) is 5.10 Å². The Hall–Kier alpha value is -1.21. The molecule has 0 aromatic carbocycles. The second-order valence-electron chi connectivity index (χ2n) is 4.57. The molecular weight excluding hydrogens is 278 g/mol. The minimum Gasteiger partial charge on any atom is -0.322 e. The Balaban J connectivity index is 0.00000324. The van der Waals surface area contributed by atoms with Crippen molar-refractivity contribution < 1.29 is 13.6 Å². The molecule has 5 nitrogen and oxygen atoms in total. The first kappa shape index (κ1) is 17.8. The van der Waals surface area contributed by atoms with Gasteiger partial charge < -0.3 is 11.1 Å². The van der Waals surface area contributed by atoms with Crippen molar-refractivity contribution in [2.75, 3.05) is 5.32 Å². The summed E-state index contributed by atoms with van der Waals surface area (Å²) in [5, 5.41) is 6.26. The molecule has 0 fully saturated rings. The van der Waals surface area contributed by atoms with Crippen LogP contribution in [0.4, 0.5) is 14.5 Å². The molecule has 0 unspecified atom stereocenters. The van der Waals surface area contributed by atoms with Crippen LogP contribution in [0.25, 0.3) is 0 Å². The molecule has 1 rings (SSSR count). The predicted molar refractivity (Wildman–Crippen MR) is 71.5 cm³/mol. The number of rotatable bonds is 6. The van der Waals surface area contributed by atoms with Crippen molar-refractivity contribution in [3.05, 3.63) is 12.4 Å². The average molecular weight is 297 g/mol. The maximum atomic E-state index is 12.1. The van der Waals surface area contributed by atoms with Crippen LogP contribution in [-0.2, 0) is 11.3 Å². The van der Waals surface area contributed by atoms with E-state index in [-0.39, 0.29) is 18.3 Å². The Morgan fingerprint density at radius 3 is 2.68 bits per heavy atom. The first-order valence-corrected chi connectivity index (χ1v) is 5.75. The summed E-state index contributed by atoms with van der Waals surface area (Å²) in [6.45, 7) is 3.44. The number of anilines is 1. The number of hydrogen-bond acceptors (Lipinski definition) is 3. The molecule has 1 amide bonds. The summed E-state index contributed by atoms with van der Waals surface area (Å²) in [4.78, 5) is 11.7. The molecule has 1 heterocycles. The first-order chi connectivity index (χ1) is 8.38. The normalized spacial score (nSPS) is 12.4. The van der Waals surface area contributed by atoms with Crippen LogP contribution in [0.5, 0.6) is 0 Å². The van der Waals surface area contributed by atoms with Crippen molar-refractivity contribution in [3.8, 4) is 0 Å². The molecule has 1 aromatic heterocycles. The van der Waals surface area contributed by atoms with E-state index in [2.05, 4.69) is 10.4 Å². The summed E-state index contributed by atoms with van der Waals surface area (Å²) < 4.78 is 25.3. The number of carbonyl (C=O) groups excluding carboxylic acids is 1. The molecule has 1 atom stereocenters. The molecule has 8 heteroatoms. The van der Waals surface area contributed by atoms with Crippen LogP contribution in [0.3, 0.4) is 0 Å². The molecule has 3 N–H and O–H groups in total. The standard InChI is InChI=1S/C11H18F2N4O.ClH/c1-7(2)3-9(14)11(18)16-8-4-15-17(5-8)6-10(12)13;/h4-5,7,9-10H,3,6,14H2,1-2H3,(H,16,18);1H/t9-;/m0./s1. The average Bonchev–Trinajstić information content (AvgIpc) is 2.63. The topological polar surface area (TPSA) is 72.9 Å². The van der Waals surface area contributed by atoms with Gasteiger partial charge >= 0.3 is 0 Å². The van der Waals surface area contributed by atoms with Gasteiger partial charge in [0.05, 0.1) is 17.9 Å². The van der Waals surface area contributed by atoms with Crippen LogP contribution < -0.4 is 11.1 Å². The fraction of sp³-hybridized carbons (Fsp3) is 0.636. The number of hydrogen-bond donors (Lipinski definition) is 2. The van der Waals surface area contributed by atoms with E-state index < -0.39 is 19.0 Å². The van der Waals surface area contributed by atoms with Crippen LogP contribution in [0, 0.1) is 5.92 Å². The fourth-order valence-corrected chi connectivity index (χ4v) is 1.52. The zero-order valence-electron chi connectivity index (χ0n) is 10.8. The third-order valence-corrected chi connectivity index (χ3v) is 2.29. The van der Waals surface area contributed by atoms with E-state index in [9.17, 15) is 13.6 Å². The third-order valence-electron chi connectivity index (χ3n) is 2.29. The maximum Gasteiger partial charge on any atom is 0.257 e. The quantitative estimate of drug-likeness (QED) is 0.842. The van der Waals surface area contributed by atoms with Crippen LogP contribution in [0.2, 0.25) is 0 Å². The van der Waals surface area contributed by atoms with Crippen molar-refractivity contribution in [2.24, 2.45) is 11.7 Å². The van der Waals surface area contributed by atoms with Crippen molar-refractivity contribution >= 4 is 24.0 Å². The molecule has 0 saturated carbocycles. The maximum absolute atomic E-state index is 12.1. The van der Waals surface area contributed by atoms with Gasteiger partial charge in [0.1, 0.15) is 6.54 Å². The summed E-state index contributed by atoms with van der Waals surface area (Å²) in [6, 6.07) is -0.608. The highest BCUT2D eigenvalue weighted by Gasteiger charge is 2.16. The van der Waals surface area contributed by atoms with E-state index in [1.54, 1.807) is 0 Å². The molecule has 0 aliphatic rings. The molecule has 0 spiro atoms. The van der Waals surface area contributed by atoms with Gasteiger partial charge in [0.2, 0.25) is 5.91 Å². The molecule has 1 aromatic rings. The lowest BCUT2D eigenvalue weighted by atomic mass is 10.0. The van der Waals surface area contributed by atoms with Crippen molar-refractivity contribution in [1.29, 1.82) is 0 Å². The number of nitrogens with two attached hydrogens (primary N) is 1. The molecule has 19 heavy (non-hydrogen) atoms. The van der Waals surface area contributed by atoms with E-state index in [0.29, 0.717) is 18.0 Å². The van der Waals surface area contributed by atoms with Gasteiger partial charge in [-0.3, -0.25) is 9.48 Å². The second kappa shape index (κ2) is 8.06. The number of alkyl halides is 2. The lowest BCUT2D eigenvalue weighted by Crippen LogP contribution is -2.36. The minimum atomic E-state index is -2.48. The number of nitrogens with one attached hydrogen (secondary N) is 1. The first-order valence-electron chi connectivity index (χ1n) is 5.75. The molecular formula is C11H19ClF2N4O. The van der Waals surface area contributed by atoms with Gasteiger partial charge in [-0.25, -0.2) is 8.78 Å². The Morgan fingerprint density at radius 1 is 1.53 bits per heavy atom. The van der Waals surface area contributed by atoms with Crippen LogP contribution in [0.1, 0.15) is 20.3 Å². The lowest BCUT2D eigenvalue weighted by molar-refractivity contribution is -0.117. The molecule has 0 saturated heterocycles. The molecule has 0 aliphatic carbocycles. The van der Waals surface area contributed by atoms with Crippen LogP contribution >= 0.6 is 12.4 Å². The van der Waals surface area contributed by atoms with Crippen molar-refractivity contribution in [1.82, 2.24) is 9.78 Å². The van der Waals surface area contributed by atoms with E-state index in [0.717, 1.165) is 4.68 Å². The summed E-state index contributed by atoms with van der Waals surface area (Å²) in [7, 11) is 0. The minimum absolute atomic E-state index is 0. The van der Waals surface area contributed by atoms with E-state index in [4.69, 9.17) is 5.73 Å². The zero-order valence-corrected chi connectivity index (χ0v) is 11.7. The van der Waals surface area contributed by atoms with Gasteiger partial charge in [0, 0.05) is 6.20 Å². The number of halogens is 3. The molecule has 0 bridgehead atoms. The van der Waals surface area contributed by atoms with E-state index >= 15 is 0 Å². The fourth-order valence-electron chi connectivity index (χ4n) is 1.52. The molecule has 0 radical (unpaired) electrons. The van der Waals surface area contributed by atoms with Gasteiger partial charge in [0.15, 0.2) is 0 Å². The summed E-state index contributed by atoms with van der Waals surface area (Å²) in [5.74, 6) is -0.0207. The second-order valence-corrected chi connectivity index (χ2v) is 4.57. The zero-order chi connectivity index (χ0) is 13.7. The largest absolute Gasteiger partial charge is 0.322 e. The van der Waals surface area contributed by atoms with Crippen molar-refractivity contribution in [3.63, 3.8) is 0 Å². The van der Waals surface area contributed by atoms with Crippen molar-refractivity contribution in [2.45, 2.75) is 39.3 Å². The highest BCUT2D eigenvalue weighted by Crippen LogP contribution is 2.09. The van der Waals surface area contributed by atoms with Gasteiger partial charge in [0.25, 0.3) is 6.43 Å². The highest BCUT2D eigenvalue weighted by atomic mass is 35.5. The number of aromatic nitrogens is 2. The van der Waals surface area contributed by atoms with E-state index in [1.165, 1.54) is 12.4 Å². The van der Waals surface area contributed by atoms with Crippen LogP contribution in [-0.4, -0.2) is 28.2 Å². The Kier molecular flexibility index (Phi) is 7.55.